The molecule has 3 rings (SSSR count). The van der Waals surface area contributed by atoms with E-state index >= 15 is 0 Å². The molecule has 1 N–H and O–H groups in total. The molecule has 0 fully saturated rings. The summed E-state index contributed by atoms with van der Waals surface area (Å²) in [5.74, 6) is -0.522. The third kappa shape index (κ3) is 4.14. The van der Waals surface area contributed by atoms with Gasteiger partial charge in [-0.15, -0.1) is 0 Å². The number of carbonyl (C=O) groups excluding carboxylic acids is 1. The molecule has 0 saturated heterocycles. The molecule has 28 heavy (non-hydrogen) atoms. The third-order valence-corrected chi connectivity index (χ3v) is 6.31. The number of imidazole rings is 1. The predicted octanol–water partition coefficient (Wildman–Crippen LogP) is 3.14. The molecule has 0 spiro atoms. The van der Waals surface area contributed by atoms with E-state index in [2.05, 4.69) is 5.32 Å². The fourth-order valence-electron chi connectivity index (χ4n) is 2.45. The topological polar surface area (TPSA) is 90.2 Å². The Morgan fingerprint density at radius 3 is 2.36 bits per heavy atom. The van der Waals surface area contributed by atoms with E-state index in [1.54, 1.807) is 18.2 Å². The molecule has 0 aliphatic carbocycles. The molecule has 1 aromatic heterocycles. The molecule has 0 atom stereocenters. The van der Waals surface area contributed by atoms with Crippen molar-refractivity contribution in [2.75, 3.05) is 5.32 Å². The minimum Gasteiger partial charge on any atom is -0.324 e. The van der Waals surface area contributed by atoms with Crippen molar-refractivity contribution in [3.63, 3.8) is 0 Å². The van der Waals surface area contributed by atoms with E-state index in [0.29, 0.717) is 14.7 Å². The zero-order chi connectivity index (χ0) is 20.5. The van der Waals surface area contributed by atoms with Crippen LogP contribution in [0.1, 0.15) is 5.56 Å². The number of aromatic nitrogens is 2. The molecule has 10 heteroatoms. The normalized spacial score (nSPS) is 11.4. The number of rotatable bonds is 5. The van der Waals surface area contributed by atoms with Gasteiger partial charge in [-0.05, 0) is 37.3 Å². The van der Waals surface area contributed by atoms with Gasteiger partial charge in [-0.3, -0.25) is 9.36 Å². The highest BCUT2D eigenvalue weighted by Gasteiger charge is 2.21. The third-order valence-electron chi connectivity index (χ3n) is 3.91. The maximum atomic E-state index is 12.6. The number of anilines is 1. The average Bonchev–Trinajstić information content (AvgIpc) is 3.00. The minimum atomic E-state index is -4.05. The van der Waals surface area contributed by atoms with Crippen molar-refractivity contribution in [3.05, 3.63) is 81.0 Å². The Morgan fingerprint density at radius 2 is 1.71 bits per heavy atom. The standard InChI is InChI=1S/C18H15Cl2N3O4S/c1-12-2-5-14(6-3-12)28(26,27)23-9-8-22(18(23)25)11-17(24)21-13-4-7-15(19)16(20)10-13/h2-10H,11H2,1H3,(H,21,24). The number of hydrogen-bond acceptors (Lipinski definition) is 4. The van der Waals surface area contributed by atoms with Gasteiger partial charge in [0.05, 0.1) is 14.9 Å². The molecule has 0 aliphatic heterocycles. The molecule has 0 aliphatic rings. The summed E-state index contributed by atoms with van der Waals surface area (Å²) in [6.45, 7) is 1.46. The summed E-state index contributed by atoms with van der Waals surface area (Å²) >= 11 is 11.7. The summed E-state index contributed by atoms with van der Waals surface area (Å²) in [5, 5.41) is 3.18. The summed E-state index contributed by atoms with van der Waals surface area (Å²) in [6, 6.07) is 10.7. The smallest absolute Gasteiger partial charge is 0.324 e. The van der Waals surface area contributed by atoms with Crippen LogP contribution in [0.15, 0.2) is 64.5 Å². The van der Waals surface area contributed by atoms with Crippen LogP contribution in [0.25, 0.3) is 0 Å². The quantitative estimate of drug-likeness (QED) is 0.660. The van der Waals surface area contributed by atoms with Crippen LogP contribution in [0.5, 0.6) is 0 Å². The second-order valence-electron chi connectivity index (χ2n) is 6.00. The number of carbonyl (C=O) groups is 1. The Morgan fingerprint density at radius 1 is 1.04 bits per heavy atom. The molecule has 1 amide bonds. The number of aryl methyl sites for hydroxylation is 1. The first-order chi connectivity index (χ1) is 13.2. The van der Waals surface area contributed by atoms with Crippen LogP contribution in [-0.4, -0.2) is 22.9 Å². The molecule has 1 heterocycles. The Kier molecular flexibility index (Phi) is 5.64. The first-order valence-corrected chi connectivity index (χ1v) is 10.2. The van der Waals surface area contributed by atoms with Crippen LogP contribution in [0.3, 0.4) is 0 Å². The van der Waals surface area contributed by atoms with Gasteiger partial charge in [0.15, 0.2) is 0 Å². The average molecular weight is 440 g/mol. The van der Waals surface area contributed by atoms with Gasteiger partial charge in [-0.25, -0.2) is 13.2 Å². The molecule has 0 radical (unpaired) electrons. The SMILES string of the molecule is Cc1ccc(S(=O)(=O)n2ccn(CC(=O)Nc3ccc(Cl)c(Cl)c3)c2=O)cc1. The van der Waals surface area contributed by atoms with E-state index in [0.717, 1.165) is 16.3 Å². The van der Waals surface area contributed by atoms with E-state index in [1.807, 2.05) is 6.92 Å². The van der Waals surface area contributed by atoms with Crippen LogP contribution >= 0.6 is 23.2 Å². The molecule has 3 aromatic rings. The van der Waals surface area contributed by atoms with Crippen LogP contribution in [-0.2, 0) is 21.4 Å². The van der Waals surface area contributed by atoms with Crippen molar-refractivity contribution in [2.24, 2.45) is 0 Å². The van der Waals surface area contributed by atoms with Gasteiger partial charge >= 0.3 is 5.69 Å². The van der Waals surface area contributed by atoms with E-state index in [-0.39, 0.29) is 16.5 Å². The number of halogens is 2. The van der Waals surface area contributed by atoms with Gasteiger partial charge < -0.3 is 5.32 Å². The summed E-state index contributed by atoms with van der Waals surface area (Å²) in [7, 11) is -4.05. The Hall–Kier alpha value is -2.55. The van der Waals surface area contributed by atoms with Crippen molar-refractivity contribution >= 4 is 44.8 Å². The summed E-state index contributed by atoms with van der Waals surface area (Å²) in [6.07, 6.45) is 2.35. The summed E-state index contributed by atoms with van der Waals surface area (Å²) in [4.78, 5) is 24.6. The second kappa shape index (κ2) is 7.83. The van der Waals surface area contributed by atoms with Gasteiger partial charge in [-0.1, -0.05) is 40.9 Å². The van der Waals surface area contributed by atoms with Crippen LogP contribution < -0.4 is 11.0 Å². The molecule has 2 aromatic carbocycles. The van der Waals surface area contributed by atoms with Gasteiger partial charge in [0.1, 0.15) is 6.54 Å². The first-order valence-electron chi connectivity index (χ1n) is 8.03. The number of benzene rings is 2. The zero-order valence-electron chi connectivity index (χ0n) is 14.6. The van der Waals surface area contributed by atoms with E-state index in [9.17, 15) is 18.0 Å². The summed E-state index contributed by atoms with van der Waals surface area (Å²) < 4.78 is 26.9. The van der Waals surface area contributed by atoms with Crippen LogP contribution in [0.2, 0.25) is 10.0 Å². The van der Waals surface area contributed by atoms with Crippen LogP contribution in [0.4, 0.5) is 5.69 Å². The number of nitrogens with one attached hydrogen (secondary N) is 1. The lowest BCUT2D eigenvalue weighted by molar-refractivity contribution is -0.116. The Balaban J connectivity index is 1.81. The minimum absolute atomic E-state index is 0.0155. The van der Waals surface area contributed by atoms with E-state index in [1.165, 1.54) is 30.5 Å². The first kappa shape index (κ1) is 20.2. The predicted molar refractivity (Wildman–Crippen MR) is 108 cm³/mol. The van der Waals surface area contributed by atoms with E-state index in [4.69, 9.17) is 23.2 Å². The van der Waals surface area contributed by atoms with Crippen molar-refractivity contribution in [1.82, 2.24) is 8.54 Å². The second-order valence-corrected chi connectivity index (χ2v) is 8.63. The van der Waals surface area contributed by atoms with Gasteiger partial charge in [-0.2, -0.15) is 3.97 Å². The lowest BCUT2D eigenvalue weighted by Gasteiger charge is -2.07. The fraction of sp³-hybridized carbons (Fsp3) is 0.111. The largest absolute Gasteiger partial charge is 0.342 e. The molecular formula is C18H15Cl2N3O4S. The molecular weight excluding hydrogens is 425 g/mol. The molecule has 0 unspecified atom stereocenters. The van der Waals surface area contributed by atoms with Crippen molar-refractivity contribution in [3.8, 4) is 0 Å². The highest BCUT2D eigenvalue weighted by molar-refractivity contribution is 7.90. The van der Waals surface area contributed by atoms with Crippen LogP contribution in [0, 0.1) is 6.92 Å². The summed E-state index contributed by atoms with van der Waals surface area (Å²) in [5.41, 5.74) is 0.451. The number of nitrogens with zero attached hydrogens (tertiary/aromatic N) is 2. The van der Waals surface area contributed by atoms with E-state index < -0.39 is 21.6 Å². The fourth-order valence-corrected chi connectivity index (χ4v) is 3.98. The highest BCUT2D eigenvalue weighted by atomic mass is 35.5. The Bertz CT molecular complexity index is 1200. The molecule has 0 bridgehead atoms. The zero-order valence-corrected chi connectivity index (χ0v) is 16.9. The molecule has 0 saturated carbocycles. The lowest BCUT2D eigenvalue weighted by Crippen LogP contribution is -2.32. The van der Waals surface area contributed by atoms with Gasteiger partial charge in [0.2, 0.25) is 5.91 Å². The van der Waals surface area contributed by atoms with Crippen molar-refractivity contribution < 1.29 is 13.2 Å². The van der Waals surface area contributed by atoms with Gasteiger partial charge in [0, 0.05) is 18.1 Å². The van der Waals surface area contributed by atoms with Gasteiger partial charge in [0.25, 0.3) is 10.0 Å². The monoisotopic (exact) mass is 439 g/mol. The maximum Gasteiger partial charge on any atom is 0.342 e. The molecule has 7 nitrogen and oxygen atoms in total. The van der Waals surface area contributed by atoms with Crippen molar-refractivity contribution in [2.45, 2.75) is 18.4 Å². The maximum absolute atomic E-state index is 12.6. The number of amides is 1. The Labute approximate surface area is 171 Å². The number of hydrogen-bond donors (Lipinski definition) is 1. The highest BCUT2D eigenvalue weighted by Crippen LogP contribution is 2.25. The molecule has 146 valence electrons. The van der Waals surface area contributed by atoms with Crippen molar-refractivity contribution in [1.29, 1.82) is 0 Å². The lowest BCUT2D eigenvalue weighted by atomic mass is 10.2.